The number of hydrogen-bond donors (Lipinski definition) is 1. The quantitative estimate of drug-likeness (QED) is 0.929. The Labute approximate surface area is 126 Å². The standard InChI is InChI=1S/C13H19N3O2.C3H6/c1-8-6-16(2)7-11(8)14-13(17)10-5-12(18-15-10)9-3-4-9;1-2-3-1/h5,8-9,11H,3-4,6-7H2,1-2H3,(H,14,17);1-3H2. The number of likely N-dealkylation sites (tertiary alicyclic amines) is 1. The lowest BCUT2D eigenvalue weighted by atomic mass is 10.1. The van der Waals surface area contributed by atoms with E-state index in [4.69, 9.17) is 4.52 Å². The number of rotatable bonds is 3. The van der Waals surface area contributed by atoms with Crippen molar-refractivity contribution in [2.24, 2.45) is 5.92 Å². The molecule has 116 valence electrons. The number of aromatic nitrogens is 1. The Morgan fingerprint density at radius 2 is 2.05 bits per heavy atom. The van der Waals surface area contributed by atoms with Gasteiger partial charge in [-0.1, -0.05) is 31.3 Å². The van der Waals surface area contributed by atoms with E-state index in [2.05, 4.69) is 29.3 Å². The molecule has 2 aliphatic carbocycles. The molecule has 2 heterocycles. The molecule has 3 fully saturated rings. The third kappa shape index (κ3) is 4.06. The molecule has 2 atom stereocenters. The average molecular weight is 291 g/mol. The molecule has 2 unspecified atom stereocenters. The van der Waals surface area contributed by atoms with Crippen molar-refractivity contribution in [1.82, 2.24) is 15.4 Å². The minimum atomic E-state index is -0.113. The highest BCUT2D eigenvalue weighted by Gasteiger charge is 2.31. The van der Waals surface area contributed by atoms with E-state index in [0.717, 1.165) is 31.7 Å². The summed E-state index contributed by atoms with van der Waals surface area (Å²) < 4.78 is 5.20. The Balaban J connectivity index is 0.000000393. The zero-order valence-corrected chi connectivity index (χ0v) is 13.0. The van der Waals surface area contributed by atoms with Crippen molar-refractivity contribution >= 4 is 5.91 Å². The van der Waals surface area contributed by atoms with Crippen molar-refractivity contribution < 1.29 is 9.32 Å². The van der Waals surface area contributed by atoms with Gasteiger partial charge in [-0.15, -0.1) is 0 Å². The van der Waals surface area contributed by atoms with Crippen LogP contribution in [0, 0.1) is 5.92 Å². The molecule has 1 saturated heterocycles. The second-order valence-electron chi connectivity index (χ2n) is 6.73. The topological polar surface area (TPSA) is 58.4 Å². The molecule has 0 spiro atoms. The number of nitrogens with zero attached hydrogens (tertiary/aromatic N) is 2. The molecule has 0 bridgehead atoms. The van der Waals surface area contributed by atoms with Crippen molar-refractivity contribution in [3.63, 3.8) is 0 Å². The first-order valence-corrected chi connectivity index (χ1v) is 8.09. The molecule has 1 aromatic rings. The lowest BCUT2D eigenvalue weighted by molar-refractivity contribution is 0.0922. The molecule has 2 saturated carbocycles. The van der Waals surface area contributed by atoms with Gasteiger partial charge in [0, 0.05) is 31.1 Å². The van der Waals surface area contributed by atoms with Crippen molar-refractivity contribution in [1.29, 1.82) is 0 Å². The van der Waals surface area contributed by atoms with Crippen LogP contribution < -0.4 is 5.32 Å². The van der Waals surface area contributed by atoms with Gasteiger partial charge in [-0.3, -0.25) is 4.79 Å². The molecule has 3 aliphatic rings. The van der Waals surface area contributed by atoms with E-state index in [-0.39, 0.29) is 11.9 Å². The zero-order chi connectivity index (χ0) is 14.8. The SMILES string of the molecule is C1CC1.CC1CN(C)CC1NC(=O)c1cc(C2CC2)on1. The van der Waals surface area contributed by atoms with E-state index in [0.29, 0.717) is 17.5 Å². The molecule has 5 heteroatoms. The number of carbonyl (C=O) groups excluding carboxylic acids is 1. The first-order valence-electron chi connectivity index (χ1n) is 8.09. The fourth-order valence-electron chi connectivity index (χ4n) is 2.60. The number of carbonyl (C=O) groups is 1. The normalized spacial score (nSPS) is 27.9. The van der Waals surface area contributed by atoms with Crippen LogP contribution in [0.25, 0.3) is 0 Å². The highest BCUT2D eigenvalue weighted by molar-refractivity contribution is 5.92. The lowest BCUT2D eigenvalue weighted by Gasteiger charge is -2.15. The zero-order valence-electron chi connectivity index (χ0n) is 13.0. The van der Waals surface area contributed by atoms with Gasteiger partial charge in [-0.05, 0) is 25.8 Å². The number of amides is 1. The minimum absolute atomic E-state index is 0.113. The number of likely N-dealkylation sites (N-methyl/N-ethyl adjacent to an activating group) is 1. The van der Waals surface area contributed by atoms with Gasteiger partial charge in [-0.2, -0.15) is 0 Å². The molecule has 1 N–H and O–H groups in total. The molecule has 0 aromatic carbocycles. The van der Waals surface area contributed by atoms with Crippen molar-refractivity contribution in [2.75, 3.05) is 20.1 Å². The van der Waals surface area contributed by atoms with Crippen LogP contribution >= 0.6 is 0 Å². The van der Waals surface area contributed by atoms with E-state index < -0.39 is 0 Å². The van der Waals surface area contributed by atoms with E-state index in [1.54, 1.807) is 6.07 Å². The maximum absolute atomic E-state index is 12.1. The fraction of sp³-hybridized carbons (Fsp3) is 0.750. The molecule has 4 rings (SSSR count). The number of hydrogen-bond acceptors (Lipinski definition) is 4. The summed E-state index contributed by atoms with van der Waals surface area (Å²) in [7, 11) is 2.07. The Hall–Kier alpha value is -1.36. The second kappa shape index (κ2) is 6.18. The summed E-state index contributed by atoms with van der Waals surface area (Å²) >= 11 is 0. The van der Waals surface area contributed by atoms with E-state index >= 15 is 0 Å². The van der Waals surface area contributed by atoms with E-state index in [9.17, 15) is 4.79 Å². The monoisotopic (exact) mass is 291 g/mol. The van der Waals surface area contributed by atoms with Crippen molar-refractivity contribution in [3.8, 4) is 0 Å². The van der Waals surface area contributed by atoms with Crippen LogP contribution in [0.1, 0.15) is 61.2 Å². The largest absolute Gasteiger partial charge is 0.360 e. The molecule has 5 nitrogen and oxygen atoms in total. The third-order valence-electron chi connectivity index (χ3n) is 4.21. The Kier molecular flexibility index (Phi) is 4.29. The van der Waals surface area contributed by atoms with E-state index in [1.165, 1.54) is 19.3 Å². The van der Waals surface area contributed by atoms with Crippen LogP contribution in [0.3, 0.4) is 0 Å². The summed E-state index contributed by atoms with van der Waals surface area (Å²) in [5.41, 5.74) is 0.415. The van der Waals surface area contributed by atoms with Crippen LogP contribution in [-0.4, -0.2) is 42.1 Å². The third-order valence-corrected chi connectivity index (χ3v) is 4.21. The van der Waals surface area contributed by atoms with E-state index in [1.807, 2.05) is 0 Å². The molecular formula is C16H25N3O2. The summed E-state index contributed by atoms with van der Waals surface area (Å²) in [5, 5.41) is 6.91. The fourth-order valence-corrected chi connectivity index (χ4v) is 2.60. The minimum Gasteiger partial charge on any atom is -0.360 e. The molecule has 1 amide bonds. The smallest absolute Gasteiger partial charge is 0.273 e. The predicted molar refractivity (Wildman–Crippen MR) is 80.2 cm³/mol. The van der Waals surface area contributed by atoms with Gasteiger partial charge in [0.15, 0.2) is 5.69 Å². The van der Waals surface area contributed by atoms with Crippen LogP contribution in [0.5, 0.6) is 0 Å². The summed E-state index contributed by atoms with van der Waals surface area (Å²) in [5.74, 6) is 1.72. The molecular weight excluding hydrogens is 266 g/mol. The van der Waals surface area contributed by atoms with Gasteiger partial charge >= 0.3 is 0 Å². The molecule has 0 radical (unpaired) electrons. The van der Waals surface area contributed by atoms with Gasteiger partial charge in [0.05, 0.1) is 0 Å². The number of nitrogens with one attached hydrogen (secondary N) is 1. The molecule has 21 heavy (non-hydrogen) atoms. The Morgan fingerprint density at radius 3 is 2.57 bits per heavy atom. The summed E-state index contributed by atoms with van der Waals surface area (Å²) in [6, 6.07) is 2.00. The molecule has 1 aromatic heterocycles. The summed E-state index contributed by atoms with van der Waals surface area (Å²) in [4.78, 5) is 14.3. The van der Waals surface area contributed by atoms with Gasteiger partial charge in [0.25, 0.3) is 5.91 Å². The summed E-state index contributed by atoms with van der Waals surface area (Å²) in [6.45, 7) is 4.09. The Bertz CT molecular complexity index is 491. The maximum Gasteiger partial charge on any atom is 0.273 e. The van der Waals surface area contributed by atoms with Crippen molar-refractivity contribution in [2.45, 2.75) is 51.0 Å². The van der Waals surface area contributed by atoms with Crippen LogP contribution in [0.4, 0.5) is 0 Å². The first-order chi connectivity index (χ1) is 10.1. The van der Waals surface area contributed by atoms with Crippen LogP contribution in [-0.2, 0) is 0 Å². The summed E-state index contributed by atoms with van der Waals surface area (Å²) in [6.07, 6.45) is 6.81. The predicted octanol–water partition coefficient (Wildman–Crippen LogP) is 2.40. The Morgan fingerprint density at radius 1 is 1.33 bits per heavy atom. The average Bonchev–Trinajstić information content (AvgIpc) is 3.36. The van der Waals surface area contributed by atoms with Gasteiger partial charge in [0.1, 0.15) is 5.76 Å². The van der Waals surface area contributed by atoms with Gasteiger partial charge in [0.2, 0.25) is 0 Å². The first kappa shape index (κ1) is 14.6. The van der Waals surface area contributed by atoms with Crippen molar-refractivity contribution in [3.05, 3.63) is 17.5 Å². The maximum atomic E-state index is 12.1. The lowest BCUT2D eigenvalue weighted by Crippen LogP contribution is -2.39. The van der Waals surface area contributed by atoms with Crippen LogP contribution in [0.2, 0.25) is 0 Å². The van der Waals surface area contributed by atoms with Gasteiger partial charge < -0.3 is 14.7 Å². The van der Waals surface area contributed by atoms with Gasteiger partial charge in [-0.25, -0.2) is 0 Å². The second-order valence-corrected chi connectivity index (χ2v) is 6.73. The molecule has 1 aliphatic heterocycles. The highest BCUT2D eigenvalue weighted by atomic mass is 16.5. The highest BCUT2D eigenvalue weighted by Crippen LogP contribution is 2.40. The van der Waals surface area contributed by atoms with Crippen LogP contribution in [0.15, 0.2) is 10.6 Å².